The molecule has 1 fully saturated rings. The lowest BCUT2D eigenvalue weighted by Gasteiger charge is -2.33. The van der Waals surface area contributed by atoms with Crippen LogP contribution in [-0.4, -0.2) is 89.1 Å². The number of β-amino-alcohol motifs (C(OH)–C–C–N with tert-alkyl or cyclic N) is 1. The third kappa shape index (κ3) is 8.05. The summed E-state index contributed by atoms with van der Waals surface area (Å²) in [5.74, 6) is 2.38. The fraction of sp³-hybridized carbons (Fsp3) is 0.448. The molecule has 9 heteroatoms. The van der Waals surface area contributed by atoms with Crippen LogP contribution >= 0.6 is 0 Å². The number of ether oxygens (including phenoxy) is 3. The standard InChI is InChI=1S/C29H38N4O5/c1-24-30-13-15-32(24)14-6-18-37-27-11-9-25(10-12-27)19-31-16-17-33(28(34)20-36-2)22-29(35,21-31)23-38-26-7-4-3-5-8-26/h3-5,7-13,15,35H,6,14,16-23H2,1-2H3/t29-/m1/s1. The number of methoxy groups -OCH3 is 1. The zero-order valence-corrected chi connectivity index (χ0v) is 22.3. The van der Waals surface area contributed by atoms with Gasteiger partial charge in [-0.1, -0.05) is 30.3 Å². The molecule has 1 saturated heterocycles. The van der Waals surface area contributed by atoms with Crippen molar-refractivity contribution in [3.05, 3.63) is 78.4 Å². The average molecular weight is 523 g/mol. The minimum Gasteiger partial charge on any atom is -0.494 e. The summed E-state index contributed by atoms with van der Waals surface area (Å²) in [6.45, 7) is 5.91. The first-order chi connectivity index (χ1) is 18.4. The molecule has 0 unspecified atom stereocenters. The molecule has 1 amide bonds. The maximum absolute atomic E-state index is 12.6. The first-order valence-electron chi connectivity index (χ1n) is 13.0. The first-order valence-corrected chi connectivity index (χ1v) is 13.0. The van der Waals surface area contributed by atoms with Crippen LogP contribution < -0.4 is 9.47 Å². The zero-order valence-electron chi connectivity index (χ0n) is 22.3. The summed E-state index contributed by atoms with van der Waals surface area (Å²) in [4.78, 5) is 20.7. The fourth-order valence-electron chi connectivity index (χ4n) is 4.64. The van der Waals surface area contributed by atoms with Crippen LogP contribution in [0.4, 0.5) is 0 Å². The number of hydrogen-bond donors (Lipinski definition) is 1. The largest absolute Gasteiger partial charge is 0.494 e. The predicted molar refractivity (Wildman–Crippen MR) is 144 cm³/mol. The van der Waals surface area contributed by atoms with Gasteiger partial charge in [-0.05, 0) is 43.2 Å². The number of benzene rings is 2. The highest BCUT2D eigenvalue weighted by molar-refractivity contribution is 5.77. The monoisotopic (exact) mass is 522 g/mol. The number of amides is 1. The lowest BCUT2D eigenvalue weighted by molar-refractivity contribution is -0.138. The van der Waals surface area contributed by atoms with E-state index in [2.05, 4.69) is 14.5 Å². The molecule has 9 nitrogen and oxygen atoms in total. The lowest BCUT2D eigenvalue weighted by Crippen LogP contribution is -2.52. The highest BCUT2D eigenvalue weighted by Gasteiger charge is 2.37. The number of imidazole rings is 1. The molecule has 1 N–H and O–H groups in total. The van der Waals surface area contributed by atoms with Crippen molar-refractivity contribution in [3.8, 4) is 11.5 Å². The number of aliphatic hydroxyl groups is 1. The molecule has 1 aromatic heterocycles. The van der Waals surface area contributed by atoms with Crippen LogP contribution in [0.1, 0.15) is 17.8 Å². The quantitative estimate of drug-likeness (QED) is 0.366. The Labute approximate surface area is 224 Å². The molecule has 38 heavy (non-hydrogen) atoms. The summed E-state index contributed by atoms with van der Waals surface area (Å²) in [6, 6.07) is 17.5. The summed E-state index contributed by atoms with van der Waals surface area (Å²) < 4.78 is 19.0. The highest BCUT2D eigenvalue weighted by Crippen LogP contribution is 2.21. The highest BCUT2D eigenvalue weighted by atomic mass is 16.5. The van der Waals surface area contributed by atoms with Gasteiger partial charge in [-0.2, -0.15) is 0 Å². The van der Waals surface area contributed by atoms with Crippen LogP contribution in [0.25, 0.3) is 0 Å². The van der Waals surface area contributed by atoms with Crippen molar-refractivity contribution in [2.24, 2.45) is 0 Å². The molecular weight excluding hydrogens is 484 g/mol. The Balaban J connectivity index is 1.33. The van der Waals surface area contributed by atoms with Gasteiger partial charge in [0.2, 0.25) is 5.91 Å². The van der Waals surface area contributed by atoms with Crippen molar-refractivity contribution in [1.29, 1.82) is 0 Å². The van der Waals surface area contributed by atoms with Crippen molar-refractivity contribution < 1.29 is 24.1 Å². The number of rotatable bonds is 12. The number of aryl methyl sites for hydroxylation is 2. The molecule has 1 aliphatic heterocycles. The van der Waals surface area contributed by atoms with E-state index in [1.165, 1.54) is 7.11 Å². The maximum Gasteiger partial charge on any atom is 0.248 e. The molecule has 0 spiro atoms. The van der Waals surface area contributed by atoms with Gasteiger partial charge in [-0.15, -0.1) is 0 Å². The van der Waals surface area contributed by atoms with Crippen LogP contribution in [0.5, 0.6) is 11.5 Å². The average Bonchev–Trinajstić information content (AvgIpc) is 3.25. The predicted octanol–water partition coefficient (Wildman–Crippen LogP) is 2.76. The van der Waals surface area contributed by atoms with Gasteiger partial charge in [0.25, 0.3) is 0 Å². The van der Waals surface area contributed by atoms with Crippen molar-refractivity contribution in [2.75, 3.05) is 53.1 Å². The van der Waals surface area contributed by atoms with Crippen LogP contribution in [0, 0.1) is 6.92 Å². The minimum absolute atomic E-state index is 0.0149. The second kappa shape index (κ2) is 13.4. The van der Waals surface area contributed by atoms with E-state index in [9.17, 15) is 9.90 Å². The van der Waals surface area contributed by atoms with E-state index in [0.717, 1.165) is 30.1 Å². The SMILES string of the molecule is COCC(=O)N1CCN(Cc2ccc(OCCCn3ccnc3C)cc2)C[C@](O)(COc2ccccc2)C1. The third-order valence-corrected chi connectivity index (χ3v) is 6.63. The van der Waals surface area contributed by atoms with Crippen LogP contribution in [0.3, 0.4) is 0 Å². The molecule has 1 atom stereocenters. The molecule has 0 radical (unpaired) electrons. The van der Waals surface area contributed by atoms with Crippen LogP contribution in [0.15, 0.2) is 67.0 Å². The molecule has 0 bridgehead atoms. The van der Waals surface area contributed by atoms with Gasteiger partial charge in [0.1, 0.15) is 36.1 Å². The van der Waals surface area contributed by atoms with Gasteiger partial charge < -0.3 is 28.8 Å². The van der Waals surface area contributed by atoms with Crippen molar-refractivity contribution in [2.45, 2.75) is 32.0 Å². The Morgan fingerprint density at radius 1 is 1.03 bits per heavy atom. The van der Waals surface area contributed by atoms with E-state index in [4.69, 9.17) is 14.2 Å². The maximum atomic E-state index is 12.6. The Morgan fingerprint density at radius 2 is 1.79 bits per heavy atom. The van der Waals surface area contributed by atoms with Crippen molar-refractivity contribution >= 4 is 5.91 Å². The summed E-state index contributed by atoms with van der Waals surface area (Å²) in [6.07, 6.45) is 4.69. The molecular formula is C29H38N4O5. The van der Waals surface area contributed by atoms with Gasteiger partial charge >= 0.3 is 0 Å². The second-order valence-electron chi connectivity index (χ2n) is 9.80. The van der Waals surface area contributed by atoms with Crippen LogP contribution in [-0.2, 0) is 22.6 Å². The normalized spacial score (nSPS) is 18.2. The van der Waals surface area contributed by atoms with Gasteiger partial charge in [-0.25, -0.2) is 4.98 Å². The summed E-state index contributed by atoms with van der Waals surface area (Å²) in [5, 5.41) is 11.6. The van der Waals surface area contributed by atoms with Gasteiger partial charge in [0, 0.05) is 52.2 Å². The Bertz CT molecular complexity index is 1140. The molecule has 4 rings (SSSR count). The topological polar surface area (TPSA) is 89.3 Å². The second-order valence-corrected chi connectivity index (χ2v) is 9.80. The third-order valence-electron chi connectivity index (χ3n) is 6.63. The fourth-order valence-corrected chi connectivity index (χ4v) is 4.64. The molecule has 204 valence electrons. The number of carbonyl (C=O) groups excluding carboxylic acids is 1. The summed E-state index contributed by atoms with van der Waals surface area (Å²) in [7, 11) is 1.50. The summed E-state index contributed by atoms with van der Waals surface area (Å²) >= 11 is 0. The molecule has 2 aromatic carbocycles. The smallest absolute Gasteiger partial charge is 0.248 e. The number of para-hydroxylation sites is 1. The van der Waals surface area contributed by atoms with E-state index in [0.29, 0.717) is 38.5 Å². The van der Waals surface area contributed by atoms with E-state index < -0.39 is 5.60 Å². The Morgan fingerprint density at radius 3 is 2.50 bits per heavy atom. The number of carbonyl (C=O) groups is 1. The summed E-state index contributed by atoms with van der Waals surface area (Å²) in [5.41, 5.74) is -0.124. The Kier molecular flexibility index (Phi) is 9.75. The first kappa shape index (κ1) is 27.6. The van der Waals surface area contributed by atoms with E-state index in [-0.39, 0.29) is 25.7 Å². The Hall–Kier alpha value is -3.40. The van der Waals surface area contributed by atoms with Gasteiger partial charge in [-0.3, -0.25) is 9.69 Å². The van der Waals surface area contributed by atoms with E-state index in [1.807, 2.05) is 73.9 Å². The van der Waals surface area contributed by atoms with Crippen molar-refractivity contribution in [3.63, 3.8) is 0 Å². The molecule has 1 aliphatic rings. The molecule has 0 aliphatic carbocycles. The molecule has 0 saturated carbocycles. The minimum atomic E-state index is -1.23. The van der Waals surface area contributed by atoms with E-state index >= 15 is 0 Å². The zero-order chi connectivity index (χ0) is 26.8. The van der Waals surface area contributed by atoms with Crippen LogP contribution in [0.2, 0.25) is 0 Å². The number of hydrogen-bond acceptors (Lipinski definition) is 7. The van der Waals surface area contributed by atoms with Gasteiger partial charge in [0.05, 0.1) is 13.2 Å². The van der Waals surface area contributed by atoms with E-state index in [1.54, 1.807) is 4.90 Å². The molecule has 3 aromatic rings. The van der Waals surface area contributed by atoms with Gasteiger partial charge in [0.15, 0.2) is 0 Å². The molecule has 2 heterocycles. The van der Waals surface area contributed by atoms with Crippen molar-refractivity contribution in [1.82, 2.24) is 19.4 Å². The number of aromatic nitrogens is 2. The lowest BCUT2D eigenvalue weighted by atomic mass is 10.0. The number of nitrogens with zero attached hydrogens (tertiary/aromatic N) is 4.